The highest BCUT2D eigenvalue weighted by atomic mass is 32.2. The molecule has 0 unspecified atom stereocenters. The molecule has 0 saturated carbocycles. The van der Waals surface area contributed by atoms with Crippen LogP contribution in [0.5, 0.6) is 11.5 Å². The van der Waals surface area contributed by atoms with E-state index in [1.165, 1.54) is 103 Å². The quantitative estimate of drug-likeness (QED) is 0.0830. The monoisotopic (exact) mass is 601 g/mol. The van der Waals surface area contributed by atoms with Gasteiger partial charge in [0.15, 0.2) is 0 Å². The SMILES string of the molecule is CCCCCCCCCCCCCCCCOc1cc(NS(=O)(=O)c2ccccc2)c(O)cc1CCCCCCCC. The number of phenols is 1. The molecule has 0 amide bonds. The summed E-state index contributed by atoms with van der Waals surface area (Å²) in [6.07, 6.45) is 26.3. The van der Waals surface area contributed by atoms with E-state index >= 15 is 0 Å². The van der Waals surface area contributed by atoms with Crippen molar-refractivity contribution in [2.45, 2.75) is 154 Å². The highest BCUT2D eigenvalue weighted by molar-refractivity contribution is 7.92. The highest BCUT2D eigenvalue weighted by Crippen LogP contribution is 2.35. The van der Waals surface area contributed by atoms with Crippen molar-refractivity contribution < 1.29 is 18.3 Å². The Hall–Kier alpha value is -2.21. The Labute approximate surface area is 257 Å². The summed E-state index contributed by atoms with van der Waals surface area (Å²) in [5, 5.41) is 10.7. The second-order valence-electron chi connectivity index (χ2n) is 11.9. The van der Waals surface area contributed by atoms with Gasteiger partial charge in [-0.15, -0.1) is 0 Å². The summed E-state index contributed by atoms with van der Waals surface area (Å²) in [5.74, 6) is 0.598. The minimum Gasteiger partial charge on any atom is -0.506 e. The lowest BCUT2D eigenvalue weighted by atomic mass is 10.0. The summed E-state index contributed by atoms with van der Waals surface area (Å²) in [6.45, 7) is 5.09. The van der Waals surface area contributed by atoms with Crippen molar-refractivity contribution in [2.75, 3.05) is 11.3 Å². The molecule has 0 aliphatic heterocycles. The molecule has 0 aromatic heterocycles. The molecule has 2 rings (SSSR count). The van der Waals surface area contributed by atoms with Gasteiger partial charge in [0.25, 0.3) is 10.0 Å². The van der Waals surface area contributed by atoms with Gasteiger partial charge in [-0.3, -0.25) is 4.72 Å². The number of nitrogens with one attached hydrogen (secondary N) is 1. The van der Waals surface area contributed by atoms with Crippen LogP contribution in [0, 0.1) is 0 Å². The summed E-state index contributed by atoms with van der Waals surface area (Å²) in [5.41, 5.74) is 1.09. The number of sulfonamides is 1. The van der Waals surface area contributed by atoms with Crippen molar-refractivity contribution >= 4 is 15.7 Å². The number of hydrogen-bond acceptors (Lipinski definition) is 4. The molecule has 0 heterocycles. The molecule has 0 radical (unpaired) electrons. The molecular weight excluding hydrogens is 542 g/mol. The van der Waals surface area contributed by atoms with Crippen LogP contribution in [0.2, 0.25) is 0 Å². The fraction of sp³-hybridized carbons (Fsp3) is 0.667. The van der Waals surface area contributed by atoms with Gasteiger partial charge in [-0.2, -0.15) is 0 Å². The van der Waals surface area contributed by atoms with Crippen molar-refractivity contribution in [3.63, 3.8) is 0 Å². The van der Waals surface area contributed by atoms with Crippen LogP contribution in [-0.4, -0.2) is 20.1 Å². The van der Waals surface area contributed by atoms with E-state index in [2.05, 4.69) is 18.6 Å². The number of phenolic OH excluding ortho intramolecular Hbond substituents is 1. The van der Waals surface area contributed by atoms with Crippen molar-refractivity contribution in [2.24, 2.45) is 0 Å². The number of anilines is 1. The number of aromatic hydroxyl groups is 1. The fourth-order valence-electron chi connectivity index (χ4n) is 5.40. The van der Waals surface area contributed by atoms with Gasteiger partial charge in [-0.05, 0) is 43.0 Å². The van der Waals surface area contributed by atoms with Gasteiger partial charge < -0.3 is 9.84 Å². The zero-order chi connectivity index (χ0) is 30.3. The molecule has 2 N–H and O–H groups in total. The Morgan fingerprint density at radius 2 is 1.12 bits per heavy atom. The molecule has 42 heavy (non-hydrogen) atoms. The Bertz CT molecular complexity index is 1060. The van der Waals surface area contributed by atoms with E-state index in [-0.39, 0.29) is 16.3 Å². The summed E-state index contributed by atoms with van der Waals surface area (Å²) in [6, 6.07) is 11.6. The van der Waals surface area contributed by atoms with E-state index in [1.54, 1.807) is 42.5 Å². The minimum absolute atomic E-state index is 0.0701. The molecule has 0 fully saturated rings. The first kappa shape index (κ1) is 36.0. The molecule has 5 nitrogen and oxygen atoms in total. The van der Waals surface area contributed by atoms with Gasteiger partial charge in [0.1, 0.15) is 11.5 Å². The van der Waals surface area contributed by atoms with E-state index in [4.69, 9.17) is 4.74 Å². The Morgan fingerprint density at radius 1 is 0.643 bits per heavy atom. The maximum Gasteiger partial charge on any atom is 0.262 e. The molecule has 0 aliphatic rings. The zero-order valence-electron chi connectivity index (χ0n) is 26.7. The second-order valence-corrected chi connectivity index (χ2v) is 13.5. The predicted molar refractivity (Wildman–Crippen MR) is 178 cm³/mol. The zero-order valence-corrected chi connectivity index (χ0v) is 27.5. The van der Waals surface area contributed by atoms with Crippen LogP contribution in [-0.2, 0) is 16.4 Å². The minimum atomic E-state index is -3.81. The van der Waals surface area contributed by atoms with E-state index in [0.717, 1.165) is 37.7 Å². The summed E-state index contributed by atoms with van der Waals surface area (Å²) in [7, 11) is -3.81. The average Bonchev–Trinajstić information content (AvgIpc) is 2.99. The van der Waals surface area contributed by atoms with E-state index in [9.17, 15) is 13.5 Å². The van der Waals surface area contributed by atoms with E-state index in [1.807, 2.05) is 0 Å². The summed E-state index contributed by atoms with van der Waals surface area (Å²) in [4.78, 5) is 0.158. The van der Waals surface area contributed by atoms with Gasteiger partial charge in [0.05, 0.1) is 17.2 Å². The third-order valence-electron chi connectivity index (χ3n) is 8.03. The van der Waals surface area contributed by atoms with Crippen LogP contribution >= 0.6 is 0 Å². The standard InChI is InChI=1S/C36H59NO4S/c1-3-5-7-9-11-12-13-14-15-16-17-18-20-25-29-41-36-31-34(37-42(39,40)33-27-23-21-24-28-33)35(38)30-32(36)26-22-19-10-8-6-4-2/h21,23-24,27-28,30-31,37-38H,3-20,22,25-26,29H2,1-2H3. The molecule has 2 aromatic carbocycles. The predicted octanol–water partition coefficient (Wildman–Crippen LogP) is 11.0. The van der Waals surface area contributed by atoms with Gasteiger partial charge in [0.2, 0.25) is 0 Å². The molecule has 0 spiro atoms. The van der Waals surface area contributed by atoms with Crippen LogP contribution in [0.1, 0.15) is 148 Å². The van der Waals surface area contributed by atoms with Crippen molar-refractivity contribution in [1.82, 2.24) is 0 Å². The van der Waals surface area contributed by atoms with Crippen LogP contribution < -0.4 is 9.46 Å². The lowest BCUT2D eigenvalue weighted by Gasteiger charge is -2.16. The number of aryl methyl sites for hydroxylation is 1. The molecule has 0 atom stereocenters. The molecular formula is C36H59NO4S. The maximum absolute atomic E-state index is 12.9. The Morgan fingerprint density at radius 3 is 1.64 bits per heavy atom. The first-order chi connectivity index (χ1) is 20.5. The third-order valence-corrected chi connectivity index (χ3v) is 9.41. The molecule has 2 aromatic rings. The van der Waals surface area contributed by atoms with Crippen LogP contribution in [0.15, 0.2) is 47.4 Å². The smallest absolute Gasteiger partial charge is 0.262 e. The number of hydrogen-bond donors (Lipinski definition) is 2. The molecule has 0 saturated heterocycles. The van der Waals surface area contributed by atoms with Gasteiger partial charge in [-0.1, -0.05) is 148 Å². The van der Waals surface area contributed by atoms with Crippen molar-refractivity contribution in [3.8, 4) is 11.5 Å². The average molecular weight is 602 g/mol. The lowest BCUT2D eigenvalue weighted by Crippen LogP contribution is -2.13. The van der Waals surface area contributed by atoms with Crippen molar-refractivity contribution in [3.05, 3.63) is 48.0 Å². The van der Waals surface area contributed by atoms with Crippen LogP contribution in [0.3, 0.4) is 0 Å². The molecule has 0 aliphatic carbocycles. The summed E-state index contributed by atoms with van der Waals surface area (Å²) < 4.78 is 34.6. The van der Waals surface area contributed by atoms with Crippen LogP contribution in [0.4, 0.5) is 5.69 Å². The molecule has 6 heteroatoms. The Balaban J connectivity index is 1.80. The first-order valence-corrected chi connectivity index (χ1v) is 18.5. The van der Waals surface area contributed by atoms with Gasteiger partial charge in [0, 0.05) is 6.07 Å². The van der Waals surface area contributed by atoms with Gasteiger partial charge in [-0.25, -0.2) is 8.42 Å². The summed E-state index contributed by atoms with van der Waals surface area (Å²) >= 11 is 0. The number of unbranched alkanes of at least 4 members (excludes halogenated alkanes) is 18. The Kier molecular flexibility index (Phi) is 19.1. The lowest BCUT2D eigenvalue weighted by molar-refractivity contribution is 0.300. The van der Waals surface area contributed by atoms with Crippen LogP contribution in [0.25, 0.3) is 0 Å². The number of benzene rings is 2. The molecule has 238 valence electrons. The third kappa shape index (κ3) is 15.3. The fourth-order valence-corrected chi connectivity index (χ4v) is 6.49. The molecule has 0 bridgehead atoms. The second kappa shape index (κ2) is 22.3. The maximum atomic E-state index is 12.9. The van der Waals surface area contributed by atoms with E-state index in [0.29, 0.717) is 12.4 Å². The van der Waals surface area contributed by atoms with E-state index < -0.39 is 10.0 Å². The highest BCUT2D eigenvalue weighted by Gasteiger charge is 2.18. The van der Waals surface area contributed by atoms with Crippen molar-refractivity contribution in [1.29, 1.82) is 0 Å². The normalized spacial score (nSPS) is 11.6. The van der Waals surface area contributed by atoms with Gasteiger partial charge >= 0.3 is 0 Å². The topological polar surface area (TPSA) is 75.6 Å². The number of rotatable bonds is 26. The number of ether oxygens (including phenoxy) is 1. The largest absolute Gasteiger partial charge is 0.506 e. The first-order valence-electron chi connectivity index (χ1n) is 17.0.